The normalized spacial score (nSPS) is 24.5. The van der Waals surface area contributed by atoms with Gasteiger partial charge in [0, 0.05) is 22.7 Å². The molecule has 0 aromatic heterocycles. The van der Waals surface area contributed by atoms with Gasteiger partial charge in [-0.05, 0) is 105 Å². The zero-order valence-corrected chi connectivity index (χ0v) is 25.9. The molecule has 3 N–H and O–H groups in total. The number of carbonyl (C=O) groups is 2. The highest BCUT2D eigenvalue weighted by atomic mass is 32.2. The molecule has 6 rings (SSSR count). The van der Waals surface area contributed by atoms with E-state index in [1.807, 2.05) is 0 Å². The predicted octanol–water partition coefficient (Wildman–Crippen LogP) is 6.05. The Kier molecular flexibility index (Phi) is 7.63. The predicted molar refractivity (Wildman–Crippen MR) is 163 cm³/mol. The van der Waals surface area contributed by atoms with Crippen molar-refractivity contribution < 1.29 is 46.1 Å². The van der Waals surface area contributed by atoms with Crippen molar-refractivity contribution in [3.63, 3.8) is 0 Å². The van der Waals surface area contributed by atoms with E-state index >= 15 is 0 Å². The number of amides is 1. The van der Waals surface area contributed by atoms with Gasteiger partial charge in [0.2, 0.25) is 0 Å². The monoisotopic (exact) mass is 658 g/mol. The molecule has 2 aliphatic carbocycles. The van der Waals surface area contributed by atoms with E-state index in [1.54, 1.807) is 25.1 Å². The Balaban J connectivity index is 1.47. The van der Waals surface area contributed by atoms with Crippen molar-refractivity contribution in [2.24, 2.45) is 5.92 Å². The van der Waals surface area contributed by atoms with Gasteiger partial charge in [-0.25, -0.2) is 13.2 Å². The second-order valence-corrected chi connectivity index (χ2v) is 14.2. The first-order valence-corrected chi connectivity index (χ1v) is 16.3. The lowest BCUT2D eigenvalue weighted by Gasteiger charge is -2.47. The molecule has 2 saturated carbocycles. The number of alkyl halides is 3. The number of benzene rings is 3. The zero-order valence-electron chi connectivity index (χ0n) is 25.1. The summed E-state index contributed by atoms with van der Waals surface area (Å²) in [6.07, 6.45) is -5.03. The number of ether oxygens (including phenoxy) is 1. The molecule has 3 aromatic rings. The maximum Gasteiger partial charge on any atom is 0.417 e. The van der Waals surface area contributed by atoms with Crippen LogP contribution < -0.4 is 14.4 Å². The summed E-state index contributed by atoms with van der Waals surface area (Å²) in [7, 11) is -2.85. The lowest BCUT2D eigenvalue weighted by Crippen LogP contribution is -2.56. The minimum Gasteiger partial charge on any atom is -0.497 e. The standard InChI is InChI=1S/C33H33F3N2O7S/c1-19-24(30(40)41)7-4-8-26(19)37-29(39)21-11-12-27-25(17-21)31(13-15-32(42,16-14-31)33(34,35)36)28(20-9-10-20)38(27)46(43,44)23-6-3-5-22(18-23)45-2/h3-8,11-12,17-18,20,28,42H,9-10,13-16H2,1-2H3,(H,37,39)(H,40,41). The van der Waals surface area contributed by atoms with Crippen LogP contribution in [0, 0.1) is 12.8 Å². The first kappa shape index (κ1) is 31.9. The molecular weight excluding hydrogens is 625 g/mol. The van der Waals surface area contributed by atoms with Gasteiger partial charge in [-0.1, -0.05) is 12.1 Å². The van der Waals surface area contributed by atoms with Crippen LogP contribution in [-0.2, 0) is 15.4 Å². The Labute approximate surface area is 264 Å². The van der Waals surface area contributed by atoms with Crippen LogP contribution in [-0.4, -0.2) is 55.4 Å². The van der Waals surface area contributed by atoms with Gasteiger partial charge in [0.1, 0.15) is 5.75 Å². The maximum absolute atomic E-state index is 14.4. The van der Waals surface area contributed by atoms with E-state index in [1.165, 1.54) is 53.9 Å². The molecule has 1 atom stereocenters. The molecule has 1 spiro atoms. The molecule has 1 aliphatic heterocycles. The molecular formula is C33H33F3N2O7S. The van der Waals surface area contributed by atoms with Crippen LogP contribution in [0.2, 0.25) is 0 Å². The van der Waals surface area contributed by atoms with E-state index in [9.17, 15) is 41.4 Å². The minimum atomic E-state index is -4.86. The number of anilines is 2. The molecule has 1 amide bonds. The van der Waals surface area contributed by atoms with Crippen LogP contribution in [0.4, 0.5) is 24.5 Å². The molecule has 1 unspecified atom stereocenters. The van der Waals surface area contributed by atoms with Crippen LogP contribution in [0.3, 0.4) is 0 Å². The number of carboxylic acid groups (broad SMARTS) is 1. The highest BCUT2D eigenvalue weighted by molar-refractivity contribution is 7.93. The Morgan fingerprint density at radius 3 is 2.28 bits per heavy atom. The molecule has 0 bridgehead atoms. The summed E-state index contributed by atoms with van der Waals surface area (Å²) >= 11 is 0. The van der Waals surface area contributed by atoms with Crippen molar-refractivity contribution in [1.82, 2.24) is 0 Å². The van der Waals surface area contributed by atoms with Crippen molar-refractivity contribution in [1.29, 1.82) is 0 Å². The molecule has 244 valence electrons. The summed E-state index contributed by atoms with van der Waals surface area (Å²) in [6, 6.07) is 14.2. The Morgan fingerprint density at radius 1 is 1.00 bits per heavy atom. The molecule has 13 heteroatoms. The average Bonchev–Trinajstić information content (AvgIpc) is 3.82. The van der Waals surface area contributed by atoms with Gasteiger partial charge in [0.15, 0.2) is 5.60 Å². The number of nitrogens with zero attached hydrogens (tertiary/aromatic N) is 1. The summed E-state index contributed by atoms with van der Waals surface area (Å²) in [5.74, 6) is -1.57. The molecule has 0 saturated heterocycles. The van der Waals surface area contributed by atoms with Crippen molar-refractivity contribution in [3.8, 4) is 5.75 Å². The number of sulfonamides is 1. The third-order valence-electron chi connectivity index (χ3n) is 9.83. The number of methoxy groups -OCH3 is 1. The van der Waals surface area contributed by atoms with Gasteiger partial charge in [-0.15, -0.1) is 0 Å². The molecule has 46 heavy (non-hydrogen) atoms. The van der Waals surface area contributed by atoms with Crippen LogP contribution in [0.5, 0.6) is 5.75 Å². The number of hydrogen-bond donors (Lipinski definition) is 3. The number of nitrogens with one attached hydrogen (secondary N) is 1. The topological polar surface area (TPSA) is 133 Å². The fourth-order valence-electron chi connectivity index (χ4n) is 7.17. The van der Waals surface area contributed by atoms with Crippen LogP contribution in [0.15, 0.2) is 65.6 Å². The van der Waals surface area contributed by atoms with Gasteiger partial charge in [0.05, 0.1) is 29.3 Å². The number of fused-ring (bicyclic) bond motifs is 2. The Morgan fingerprint density at radius 2 is 1.67 bits per heavy atom. The molecule has 2 fully saturated rings. The minimum absolute atomic E-state index is 0.00993. The van der Waals surface area contributed by atoms with Crippen LogP contribution in [0.25, 0.3) is 0 Å². The first-order chi connectivity index (χ1) is 21.6. The highest BCUT2D eigenvalue weighted by Crippen LogP contribution is 2.62. The van der Waals surface area contributed by atoms with Crippen molar-refractivity contribution in [3.05, 3.63) is 82.9 Å². The summed E-state index contributed by atoms with van der Waals surface area (Å²) in [5.41, 5.74) is -2.56. The second kappa shape index (κ2) is 11.0. The number of halogens is 3. The fraction of sp³-hybridized carbons (Fsp3) is 0.394. The van der Waals surface area contributed by atoms with Gasteiger partial charge >= 0.3 is 12.1 Å². The van der Waals surface area contributed by atoms with E-state index in [0.717, 1.165) is 0 Å². The average molecular weight is 659 g/mol. The first-order valence-electron chi connectivity index (χ1n) is 14.9. The SMILES string of the molecule is COc1cccc(S(=O)(=O)N2c3ccc(C(=O)Nc4cccc(C(=O)O)c4C)cc3C3(CCC(O)(C(F)(F)F)CC3)C2C2CC2)c1. The van der Waals surface area contributed by atoms with Gasteiger partial charge in [-0.2, -0.15) is 13.2 Å². The maximum atomic E-state index is 14.4. The van der Waals surface area contributed by atoms with E-state index in [-0.39, 0.29) is 46.2 Å². The molecule has 0 radical (unpaired) electrons. The summed E-state index contributed by atoms with van der Waals surface area (Å²) in [6.45, 7) is 1.56. The van der Waals surface area contributed by atoms with Gasteiger partial charge in [0.25, 0.3) is 15.9 Å². The van der Waals surface area contributed by atoms with Crippen LogP contribution in [0.1, 0.15) is 70.4 Å². The van der Waals surface area contributed by atoms with Gasteiger partial charge < -0.3 is 20.3 Å². The number of aromatic carboxylic acids is 1. The van der Waals surface area contributed by atoms with E-state index in [2.05, 4.69) is 5.32 Å². The van der Waals surface area contributed by atoms with E-state index < -0.39 is 58.0 Å². The molecule has 1 heterocycles. The largest absolute Gasteiger partial charge is 0.497 e. The quantitative estimate of drug-likeness (QED) is 0.282. The highest BCUT2D eigenvalue weighted by Gasteiger charge is 2.65. The molecule has 9 nitrogen and oxygen atoms in total. The number of aliphatic hydroxyl groups is 1. The van der Waals surface area contributed by atoms with Crippen molar-refractivity contribution in [2.45, 2.75) is 73.6 Å². The summed E-state index contributed by atoms with van der Waals surface area (Å²) in [5, 5.41) is 22.8. The smallest absolute Gasteiger partial charge is 0.417 e. The van der Waals surface area contributed by atoms with Gasteiger partial charge in [-0.3, -0.25) is 9.10 Å². The number of rotatable bonds is 7. The number of carbonyl (C=O) groups excluding carboxylic acids is 1. The fourth-order valence-corrected chi connectivity index (χ4v) is 9.00. The molecule has 3 aliphatic rings. The zero-order chi connectivity index (χ0) is 33.2. The third-order valence-corrected chi connectivity index (χ3v) is 11.6. The van der Waals surface area contributed by atoms with E-state index in [4.69, 9.17) is 4.74 Å². The Bertz CT molecular complexity index is 1830. The lowest BCUT2D eigenvalue weighted by molar-refractivity contribution is -0.273. The number of hydrogen-bond acceptors (Lipinski definition) is 6. The lowest BCUT2D eigenvalue weighted by atomic mass is 9.61. The molecule has 3 aromatic carbocycles. The summed E-state index contributed by atoms with van der Waals surface area (Å²) < 4.78 is 77.3. The van der Waals surface area contributed by atoms with E-state index in [0.29, 0.717) is 29.7 Å². The van der Waals surface area contributed by atoms with Crippen molar-refractivity contribution in [2.75, 3.05) is 16.7 Å². The second-order valence-electron chi connectivity index (χ2n) is 12.4. The van der Waals surface area contributed by atoms with Crippen molar-refractivity contribution >= 4 is 33.3 Å². The third kappa shape index (κ3) is 5.09. The Hall–Kier alpha value is -4.10. The summed E-state index contributed by atoms with van der Waals surface area (Å²) in [4.78, 5) is 25.1. The van der Waals surface area contributed by atoms with Crippen LogP contribution >= 0.6 is 0 Å². The number of carboxylic acids is 1.